The van der Waals surface area contributed by atoms with E-state index in [0.717, 1.165) is 44.9 Å². The zero-order valence-electron chi connectivity index (χ0n) is 14.7. The highest BCUT2D eigenvalue weighted by molar-refractivity contribution is 6.05. The Morgan fingerprint density at radius 1 is 0.920 bits per heavy atom. The number of likely N-dealkylation sites (tertiary alicyclic amines) is 1. The van der Waals surface area contributed by atoms with Gasteiger partial charge in [-0.15, -0.1) is 0 Å². The number of unbranched alkanes of at least 4 members (excludes halogenated alkanes) is 5. The molecule has 0 saturated carbocycles. The summed E-state index contributed by atoms with van der Waals surface area (Å²) < 4.78 is 0. The molecule has 0 unspecified atom stereocenters. The summed E-state index contributed by atoms with van der Waals surface area (Å²) in [4.78, 5) is 46.1. The second-order valence-electron chi connectivity index (χ2n) is 6.34. The van der Waals surface area contributed by atoms with Crippen LogP contribution in [0.3, 0.4) is 0 Å². The molecule has 1 heterocycles. The molecule has 142 valence electrons. The van der Waals surface area contributed by atoms with Crippen LogP contribution in [-0.2, 0) is 14.4 Å². The summed E-state index contributed by atoms with van der Waals surface area (Å²) in [6.07, 6.45) is 5.59. The fraction of sp³-hybridized carbons (Fsp3) is 0.765. The Morgan fingerprint density at radius 3 is 2.16 bits per heavy atom. The van der Waals surface area contributed by atoms with E-state index in [1.165, 1.54) is 0 Å². The number of rotatable bonds is 13. The van der Waals surface area contributed by atoms with Crippen molar-refractivity contribution in [1.82, 2.24) is 15.5 Å². The molecule has 0 aromatic carbocycles. The van der Waals surface area contributed by atoms with Crippen LogP contribution in [0.2, 0.25) is 0 Å². The van der Waals surface area contributed by atoms with E-state index in [4.69, 9.17) is 5.11 Å². The lowest BCUT2D eigenvalue weighted by molar-refractivity contribution is -0.128. The standard InChI is InChI=1S/C17H29N3O5/c21-14-12-16(23)20(13-14)11-7-3-4-8-15(22)18-9-5-1-2-6-10-19-17(24)25/h19H,1-13H2,(H,18,22)(H,24,25). The molecule has 1 aliphatic rings. The van der Waals surface area contributed by atoms with Gasteiger partial charge in [-0.3, -0.25) is 14.4 Å². The van der Waals surface area contributed by atoms with Crippen molar-refractivity contribution >= 4 is 23.7 Å². The van der Waals surface area contributed by atoms with Gasteiger partial charge in [-0.2, -0.15) is 0 Å². The lowest BCUT2D eigenvalue weighted by atomic mass is 10.1. The number of hydrogen-bond acceptors (Lipinski definition) is 4. The van der Waals surface area contributed by atoms with Crippen molar-refractivity contribution in [3.63, 3.8) is 0 Å². The van der Waals surface area contributed by atoms with Gasteiger partial charge in [0.2, 0.25) is 11.8 Å². The first kappa shape index (κ1) is 20.9. The van der Waals surface area contributed by atoms with Gasteiger partial charge in [0.05, 0.1) is 13.0 Å². The first-order chi connectivity index (χ1) is 12.0. The fourth-order valence-electron chi connectivity index (χ4n) is 2.72. The summed E-state index contributed by atoms with van der Waals surface area (Å²) >= 11 is 0. The molecule has 1 saturated heterocycles. The van der Waals surface area contributed by atoms with Gasteiger partial charge in [0.25, 0.3) is 0 Å². The lowest BCUT2D eigenvalue weighted by Crippen LogP contribution is -2.26. The molecule has 0 aromatic rings. The van der Waals surface area contributed by atoms with E-state index in [9.17, 15) is 19.2 Å². The smallest absolute Gasteiger partial charge is 0.404 e. The third-order valence-corrected chi connectivity index (χ3v) is 4.10. The van der Waals surface area contributed by atoms with Crippen molar-refractivity contribution < 1.29 is 24.3 Å². The highest BCUT2D eigenvalue weighted by atomic mass is 16.4. The Kier molecular flexibility index (Phi) is 10.3. The Labute approximate surface area is 148 Å². The predicted octanol–water partition coefficient (Wildman–Crippen LogP) is 1.29. The maximum Gasteiger partial charge on any atom is 0.404 e. The van der Waals surface area contributed by atoms with Crippen molar-refractivity contribution in [1.29, 1.82) is 0 Å². The molecule has 0 spiro atoms. The molecule has 0 bridgehead atoms. The molecule has 0 atom stereocenters. The van der Waals surface area contributed by atoms with Crippen molar-refractivity contribution in [3.8, 4) is 0 Å². The molecule has 3 amide bonds. The van der Waals surface area contributed by atoms with Gasteiger partial charge >= 0.3 is 6.09 Å². The van der Waals surface area contributed by atoms with Gasteiger partial charge in [-0.1, -0.05) is 19.3 Å². The maximum absolute atomic E-state index is 11.7. The second-order valence-corrected chi connectivity index (χ2v) is 6.34. The normalized spacial score (nSPS) is 14.0. The van der Waals surface area contributed by atoms with E-state index in [1.807, 2.05) is 0 Å². The number of carboxylic acid groups (broad SMARTS) is 1. The minimum absolute atomic E-state index is 0.0115. The lowest BCUT2D eigenvalue weighted by Gasteiger charge is -2.13. The molecule has 25 heavy (non-hydrogen) atoms. The monoisotopic (exact) mass is 355 g/mol. The minimum Gasteiger partial charge on any atom is -0.465 e. The van der Waals surface area contributed by atoms with Crippen LogP contribution in [0, 0.1) is 0 Å². The van der Waals surface area contributed by atoms with Crippen LogP contribution in [0.1, 0.15) is 57.8 Å². The molecule has 0 aromatic heterocycles. The third-order valence-electron chi connectivity index (χ3n) is 4.10. The van der Waals surface area contributed by atoms with Crippen LogP contribution in [0.25, 0.3) is 0 Å². The van der Waals surface area contributed by atoms with Crippen molar-refractivity contribution in [2.24, 2.45) is 0 Å². The van der Waals surface area contributed by atoms with Gasteiger partial charge in [0.1, 0.15) is 0 Å². The highest BCUT2D eigenvalue weighted by Crippen LogP contribution is 2.09. The van der Waals surface area contributed by atoms with E-state index in [2.05, 4.69) is 10.6 Å². The van der Waals surface area contributed by atoms with E-state index < -0.39 is 6.09 Å². The SMILES string of the molecule is O=C1CC(=O)N(CCCCCC(=O)NCCCCCCNC(=O)O)C1. The molecule has 1 aliphatic heterocycles. The van der Waals surface area contributed by atoms with Gasteiger partial charge < -0.3 is 20.6 Å². The fourth-order valence-corrected chi connectivity index (χ4v) is 2.72. The Bertz CT molecular complexity index is 467. The molecule has 1 fully saturated rings. The summed E-state index contributed by atoms with van der Waals surface area (Å²) in [6.45, 7) is 1.96. The number of carbonyl (C=O) groups excluding carboxylic acids is 3. The van der Waals surface area contributed by atoms with Crippen LogP contribution in [0.4, 0.5) is 4.79 Å². The molecular formula is C17H29N3O5. The average molecular weight is 355 g/mol. The number of nitrogens with one attached hydrogen (secondary N) is 2. The summed E-state index contributed by atoms with van der Waals surface area (Å²) in [5.41, 5.74) is 0. The number of carbonyl (C=O) groups is 4. The molecule has 0 aliphatic carbocycles. The Morgan fingerprint density at radius 2 is 1.56 bits per heavy atom. The molecule has 8 nitrogen and oxygen atoms in total. The number of amides is 3. The first-order valence-electron chi connectivity index (χ1n) is 9.02. The molecule has 0 radical (unpaired) electrons. The van der Waals surface area contributed by atoms with Crippen LogP contribution in [-0.4, -0.2) is 59.9 Å². The van der Waals surface area contributed by atoms with Crippen LogP contribution in [0.5, 0.6) is 0 Å². The highest BCUT2D eigenvalue weighted by Gasteiger charge is 2.26. The molecule has 3 N–H and O–H groups in total. The van der Waals surface area contributed by atoms with Crippen LogP contribution >= 0.6 is 0 Å². The summed E-state index contributed by atoms with van der Waals surface area (Å²) in [6, 6.07) is 0. The van der Waals surface area contributed by atoms with Gasteiger partial charge in [-0.05, 0) is 25.7 Å². The molecule has 8 heteroatoms. The van der Waals surface area contributed by atoms with E-state index in [0.29, 0.717) is 26.1 Å². The number of ketones is 1. The average Bonchev–Trinajstić information content (AvgIpc) is 2.87. The molecular weight excluding hydrogens is 326 g/mol. The van der Waals surface area contributed by atoms with Crippen molar-refractivity contribution in [2.45, 2.75) is 57.8 Å². The summed E-state index contributed by atoms with van der Waals surface area (Å²) in [7, 11) is 0. The van der Waals surface area contributed by atoms with E-state index >= 15 is 0 Å². The Hall–Kier alpha value is -2.12. The van der Waals surface area contributed by atoms with Crippen molar-refractivity contribution in [2.75, 3.05) is 26.2 Å². The van der Waals surface area contributed by atoms with Crippen LogP contribution < -0.4 is 10.6 Å². The largest absolute Gasteiger partial charge is 0.465 e. The van der Waals surface area contributed by atoms with Gasteiger partial charge in [0.15, 0.2) is 5.78 Å². The summed E-state index contributed by atoms with van der Waals surface area (Å²) in [5, 5.41) is 13.6. The summed E-state index contributed by atoms with van der Waals surface area (Å²) in [5.74, 6) is -0.0519. The molecule has 1 rings (SSSR count). The zero-order valence-corrected chi connectivity index (χ0v) is 14.7. The first-order valence-corrected chi connectivity index (χ1v) is 9.02. The van der Waals surface area contributed by atoms with Gasteiger partial charge in [0, 0.05) is 26.1 Å². The number of hydrogen-bond donors (Lipinski definition) is 3. The number of nitrogens with zero attached hydrogens (tertiary/aromatic N) is 1. The quantitative estimate of drug-likeness (QED) is 0.340. The third kappa shape index (κ3) is 10.4. The number of Topliss-reactive ketones (excluding diaryl/α,β-unsaturated/α-hetero) is 1. The second kappa shape index (κ2) is 12.3. The zero-order chi connectivity index (χ0) is 18.5. The maximum atomic E-state index is 11.7. The topological polar surface area (TPSA) is 116 Å². The minimum atomic E-state index is -0.993. The van der Waals surface area contributed by atoms with Crippen LogP contribution in [0.15, 0.2) is 0 Å². The van der Waals surface area contributed by atoms with E-state index in [-0.39, 0.29) is 30.6 Å². The van der Waals surface area contributed by atoms with Gasteiger partial charge in [-0.25, -0.2) is 4.79 Å². The predicted molar refractivity (Wildman–Crippen MR) is 92.2 cm³/mol. The Balaban J connectivity index is 1.86. The van der Waals surface area contributed by atoms with Crippen molar-refractivity contribution in [3.05, 3.63) is 0 Å². The van der Waals surface area contributed by atoms with E-state index in [1.54, 1.807) is 4.90 Å².